The Morgan fingerprint density at radius 1 is 1.56 bits per heavy atom. The van der Waals surface area contributed by atoms with Crippen LogP contribution in [0.25, 0.3) is 0 Å². The smallest absolute Gasteiger partial charge is 0.240 e. The molecule has 4 N–H and O–H groups in total. The lowest BCUT2D eigenvalue weighted by atomic mass is 10.3. The predicted molar refractivity (Wildman–Crippen MR) is 62.5 cm³/mol. The third-order valence-electron chi connectivity index (χ3n) is 1.87. The molecule has 16 heavy (non-hydrogen) atoms. The van der Waals surface area contributed by atoms with E-state index in [0.717, 1.165) is 0 Å². The minimum absolute atomic E-state index is 0.0176. The van der Waals surface area contributed by atoms with E-state index >= 15 is 0 Å². The van der Waals surface area contributed by atoms with Gasteiger partial charge in [0.15, 0.2) is 0 Å². The number of rotatable bonds is 4. The highest BCUT2D eigenvalue weighted by atomic mass is 32.2. The van der Waals surface area contributed by atoms with Crippen LogP contribution in [0.4, 0.5) is 5.69 Å². The second-order valence-electron chi connectivity index (χ2n) is 3.50. The zero-order chi connectivity index (χ0) is 12.3. The van der Waals surface area contributed by atoms with Gasteiger partial charge in [-0.1, -0.05) is 12.2 Å². The fourth-order valence-corrected chi connectivity index (χ4v) is 2.13. The SMILES string of the molecule is C=C(C)CNS(=O)(=O)c1ccc(O)c(N)c1. The van der Waals surface area contributed by atoms with E-state index in [1.54, 1.807) is 6.92 Å². The van der Waals surface area contributed by atoms with E-state index in [2.05, 4.69) is 11.3 Å². The first-order valence-electron chi connectivity index (χ1n) is 4.55. The quantitative estimate of drug-likeness (QED) is 0.414. The molecule has 88 valence electrons. The predicted octanol–water partition coefficient (Wildman–Crippen LogP) is 0.829. The lowest BCUT2D eigenvalue weighted by Crippen LogP contribution is -2.25. The summed E-state index contributed by atoms with van der Waals surface area (Å²) in [7, 11) is -3.60. The highest BCUT2D eigenvalue weighted by molar-refractivity contribution is 7.89. The van der Waals surface area contributed by atoms with Gasteiger partial charge in [-0.15, -0.1) is 0 Å². The Labute approximate surface area is 94.6 Å². The van der Waals surface area contributed by atoms with Crippen LogP contribution in [0, 0.1) is 0 Å². The molecule has 0 aromatic heterocycles. The third-order valence-corrected chi connectivity index (χ3v) is 3.27. The van der Waals surface area contributed by atoms with Gasteiger partial charge in [0.25, 0.3) is 0 Å². The van der Waals surface area contributed by atoms with Crippen molar-refractivity contribution < 1.29 is 13.5 Å². The Balaban J connectivity index is 2.99. The summed E-state index contributed by atoms with van der Waals surface area (Å²) in [6, 6.07) is 3.73. The highest BCUT2D eigenvalue weighted by Crippen LogP contribution is 2.22. The molecule has 0 radical (unpaired) electrons. The summed E-state index contributed by atoms with van der Waals surface area (Å²) in [4.78, 5) is 0.0176. The molecule has 1 aromatic carbocycles. The van der Waals surface area contributed by atoms with Crippen molar-refractivity contribution >= 4 is 15.7 Å². The fraction of sp³-hybridized carbons (Fsp3) is 0.200. The van der Waals surface area contributed by atoms with Gasteiger partial charge in [0.1, 0.15) is 5.75 Å². The topological polar surface area (TPSA) is 92.4 Å². The molecule has 0 saturated heterocycles. The average molecular weight is 242 g/mol. The summed E-state index contributed by atoms with van der Waals surface area (Å²) >= 11 is 0. The van der Waals surface area contributed by atoms with Gasteiger partial charge in [0.05, 0.1) is 10.6 Å². The maximum Gasteiger partial charge on any atom is 0.240 e. The van der Waals surface area contributed by atoms with Crippen LogP contribution in [0.5, 0.6) is 5.75 Å². The summed E-state index contributed by atoms with van der Waals surface area (Å²) in [6.45, 7) is 5.48. The molecule has 0 atom stereocenters. The number of phenols is 1. The van der Waals surface area contributed by atoms with Crippen LogP contribution in [0.2, 0.25) is 0 Å². The van der Waals surface area contributed by atoms with Gasteiger partial charge in [-0.05, 0) is 25.1 Å². The normalized spacial score (nSPS) is 11.3. The molecule has 0 aliphatic carbocycles. The summed E-state index contributed by atoms with van der Waals surface area (Å²) in [5.41, 5.74) is 6.14. The average Bonchev–Trinajstić information content (AvgIpc) is 2.19. The molecule has 1 aromatic rings. The Kier molecular flexibility index (Phi) is 3.56. The largest absolute Gasteiger partial charge is 0.506 e. The van der Waals surface area contributed by atoms with Gasteiger partial charge in [0.2, 0.25) is 10.0 Å². The summed E-state index contributed by atoms with van der Waals surface area (Å²) in [5, 5.41) is 9.17. The molecule has 5 nitrogen and oxygen atoms in total. The first-order chi connectivity index (χ1) is 7.33. The van der Waals surface area contributed by atoms with Crippen molar-refractivity contribution in [3.8, 4) is 5.75 Å². The van der Waals surface area contributed by atoms with Crippen LogP contribution in [-0.2, 0) is 10.0 Å². The number of nitrogens with two attached hydrogens (primary N) is 1. The van der Waals surface area contributed by atoms with E-state index < -0.39 is 10.0 Å². The Morgan fingerprint density at radius 2 is 2.19 bits per heavy atom. The van der Waals surface area contributed by atoms with Gasteiger partial charge in [-0.25, -0.2) is 13.1 Å². The van der Waals surface area contributed by atoms with Gasteiger partial charge in [-0.2, -0.15) is 0 Å². The second-order valence-corrected chi connectivity index (χ2v) is 5.27. The minimum Gasteiger partial charge on any atom is -0.506 e. The second kappa shape index (κ2) is 4.54. The minimum atomic E-state index is -3.60. The molecule has 0 unspecified atom stereocenters. The monoisotopic (exact) mass is 242 g/mol. The number of nitrogen functional groups attached to an aromatic ring is 1. The molecular weight excluding hydrogens is 228 g/mol. The Morgan fingerprint density at radius 3 is 2.69 bits per heavy atom. The van der Waals surface area contributed by atoms with Crippen molar-refractivity contribution in [2.24, 2.45) is 0 Å². The maximum atomic E-state index is 11.7. The van der Waals surface area contributed by atoms with Crippen molar-refractivity contribution in [1.29, 1.82) is 0 Å². The third kappa shape index (κ3) is 2.98. The lowest BCUT2D eigenvalue weighted by Gasteiger charge is -2.07. The molecule has 1 rings (SSSR count). The van der Waals surface area contributed by atoms with E-state index in [0.29, 0.717) is 5.57 Å². The van der Waals surface area contributed by atoms with E-state index in [4.69, 9.17) is 5.73 Å². The molecule has 0 spiro atoms. The number of nitrogens with one attached hydrogen (secondary N) is 1. The van der Waals surface area contributed by atoms with Gasteiger partial charge < -0.3 is 10.8 Å². The van der Waals surface area contributed by atoms with Crippen LogP contribution in [0.3, 0.4) is 0 Å². The molecule has 6 heteroatoms. The zero-order valence-electron chi connectivity index (χ0n) is 8.90. The molecular formula is C10H14N2O3S. The van der Waals surface area contributed by atoms with Gasteiger partial charge in [-0.3, -0.25) is 0 Å². The zero-order valence-corrected chi connectivity index (χ0v) is 9.71. The summed E-state index contributed by atoms with van der Waals surface area (Å²) in [5.74, 6) is -0.140. The van der Waals surface area contributed by atoms with E-state index in [9.17, 15) is 13.5 Å². The maximum absolute atomic E-state index is 11.7. The van der Waals surface area contributed by atoms with Gasteiger partial charge in [0, 0.05) is 6.54 Å². The number of hydrogen-bond acceptors (Lipinski definition) is 4. The fourth-order valence-electron chi connectivity index (χ4n) is 1.00. The van der Waals surface area contributed by atoms with E-state index in [-0.39, 0.29) is 22.9 Å². The van der Waals surface area contributed by atoms with E-state index in [1.165, 1.54) is 18.2 Å². The standard InChI is InChI=1S/C10H14N2O3S/c1-7(2)6-12-16(14,15)8-3-4-10(13)9(11)5-8/h3-5,12-13H,1,6,11H2,2H3. The molecule has 0 amide bonds. The van der Waals surface area contributed by atoms with Crippen molar-refractivity contribution in [1.82, 2.24) is 4.72 Å². The number of anilines is 1. The number of aromatic hydroxyl groups is 1. The molecule has 0 aliphatic heterocycles. The first kappa shape index (κ1) is 12.5. The van der Waals surface area contributed by atoms with E-state index in [1.807, 2.05) is 0 Å². The number of sulfonamides is 1. The molecule has 0 heterocycles. The van der Waals surface area contributed by atoms with Crippen LogP contribution in [-0.4, -0.2) is 20.1 Å². The number of hydrogen-bond donors (Lipinski definition) is 3. The van der Waals surface area contributed by atoms with Crippen molar-refractivity contribution in [2.75, 3.05) is 12.3 Å². The summed E-state index contributed by atoms with van der Waals surface area (Å²) in [6.07, 6.45) is 0. The van der Waals surface area contributed by atoms with Crippen LogP contribution >= 0.6 is 0 Å². The molecule has 0 aliphatic rings. The van der Waals surface area contributed by atoms with Crippen molar-refractivity contribution in [3.63, 3.8) is 0 Å². The molecule has 0 fully saturated rings. The molecule has 0 bridgehead atoms. The highest BCUT2D eigenvalue weighted by Gasteiger charge is 2.14. The van der Waals surface area contributed by atoms with Crippen molar-refractivity contribution in [2.45, 2.75) is 11.8 Å². The Hall–Kier alpha value is -1.53. The first-order valence-corrected chi connectivity index (χ1v) is 6.04. The summed E-state index contributed by atoms with van der Waals surface area (Å²) < 4.78 is 25.8. The lowest BCUT2D eigenvalue weighted by molar-refractivity contribution is 0.477. The number of phenolic OH excluding ortho intramolecular Hbond substituents is 1. The van der Waals surface area contributed by atoms with Gasteiger partial charge >= 0.3 is 0 Å². The van der Waals surface area contributed by atoms with Crippen LogP contribution < -0.4 is 10.5 Å². The Bertz CT molecular complexity index is 509. The molecule has 0 saturated carbocycles. The van der Waals surface area contributed by atoms with Crippen LogP contribution in [0.15, 0.2) is 35.2 Å². The van der Waals surface area contributed by atoms with Crippen molar-refractivity contribution in [3.05, 3.63) is 30.4 Å². The number of benzene rings is 1. The van der Waals surface area contributed by atoms with Crippen LogP contribution in [0.1, 0.15) is 6.92 Å².